The van der Waals surface area contributed by atoms with Crippen LogP contribution >= 0.6 is 0 Å². The Morgan fingerprint density at radius 3 is 2.67 bits per heavy atom. The molecule has 0 saturated carbocycles. The van der Waals surface area contributed by atoms with Crippen molar-refractivity contribution in [2.45, 2.75) is 18.9 Å². The van der Waals surface area contributed by atoms with Crippen LogP contribution in [0.3, 0.4) is 0 Å². The lowest BCUT2D eigenvalue weighted by molar-refractivity contribution is 0.0664. The Morgan fingerprint density at radius 2 is 2.11 bits per heavy atom. The Labute approximate surface area is 108 Å². The molecule has 0 radical (unpaired) electrons. The molecule has 98 valence electrons. The third kappa shape index (κ3) is 2.61. The molecule has 5 heteroatoms. The van der Waals surface area contributed by atoms with Crippen molar-refractivity contribution in [3.05, 3.63) is 24.0 Å². The molecule has 1 fully saturated rings. The zero-order valence-corrected chi connectivity index (χ0v) is 11.0. The number of likely N-dealkylation sites (tertiary alicyclic amines) is 1. The minimum atomic E-state index is 0.0205. The summed E-state index contributed by atoms with van der Waals surface area (Å²) in [5.74, 6) is 0.0205. The Balaban J connectivity index is 2.02. The van der Waals surface area contributed by atoms with Gasteiger partial charge in [0.05, 0.1) is 17.4 Å². The van der Waals surface area contributed by atoms with Crippen LogP contribution in [0.25, 0.3) is 0 Å². The van der Waals surface area contributed by atoms with Crippen LogP contribution in [0.4, 0.5) is 5.69 Å². The fourth-order valence-electron chi connectivity index (χ4n) is 2.36. The molecule has 2 heterocycles. The first-order valence-corrected chi connectivity index (χ1v) is 6.25. The molecular formula is C13H20N4O. The number of nitrogens with two attached hydrogens (primary N) is 1. The molecule has 18 heavy (non-hydrogen) atoms. The highest BCUT2D eigenvalue weighted by molar-refractivity contribution is 5.98. The molecule has 1 aromatic rings. The van der Waals surface area contributed by atoms with Gasteiger partial charge >= 0.3 is 0 Å². The third-order valence-electron chi connectivity index (χ3n) is 3.56. The number of carbonyl (C=O) groups excluding carboxylic acids is 1. The van der Waals surface area contributed by atoms with Gasteiger partial charge in [0.25, 0.3) is 5.91 Å². The number of carbonyl (C=O) groups is 1. The molecule has 2 rings (SSSR count). The van der Waals surface area contributed by atoms with E-state index in [0.717, 1.165) is 25.9 Å². The first-order valence-electron chi connectivity index (χ1n) is 6.25. The highest BCUT2D eigenvalue weighted by Gasteiger charge is 2.25. The quantitative estimate of drug-likeness (QED) is 0.842. The van der Waals surface area contributed by atoms with Crippen LogP contribution in [0.2, 0.25) is 0 Å². The predicted molar refractivity (Wildman–Crippen MR) is 71.3 cm³/mol. The summed E-state index contributed by atoms with van der Waals surface area (Å²) in [6.07, 6.45) is 5.17. The molecule has 1 aliphatic heterocycles. The van der Waals surface area contributed by atoms with E-state index in [1.165, 1.54) is 6.20 Å². The van der Waals surface area contributed by atoms with E-state index in [4.69, 9.17) is 5.73 Å². The van der Waals surface area contributed by atoms with Crippen molar-refractivity contribution >= 4 is 11.6 Å². The van der Waals surface area contributed by atoms with Crippen LogP contribution in [-0.2, 0) is 0 Å². The predicted octanol–water partition coefficient (Wildman–Crippen LogP) is 0.830. The molecule has 0 bridgehead atoms. The van der Waals surface area contributed by atoms with Gasteiger partial charge in [0.2, 0.25) is 0 Å². The number of hydrogen-bond acceptors (Lipinski definition) is 4. The first-order chi connectivity index (χ1) is 8.59. The van der Waals surface area contributed by atoms with E-state index in [-0.39, 0.29) is 5.91 Å². The van der Waals surface area contributed by atoms with Crippen molar-refractivity contribution in [2.75, 3.05) is 32.9 Å². The summed E-state index contributed by atoms with van der Waals surface area (Å²) in [7, 11) is 4.17. The number of piperidine rings is 1. The molecule has 0 aliphatic carbocycles. The minimum absolute atomic E-state index is 0.0205. The van der Waals surface area contributed by atoms with Gasteiger partial charge in [0, 0.05) is 25.3 Å². The fraction of sp³-hybridized carbons (Fsp3) is 0.538. The summed E-state index contributed by atoms with van der Waals surface area (Å²) in [6.45, 7) is 1.59. The molecule has 1 amide bonds. The smallest absolute Gasteiger partial charge is 0.256 e. The van der Waals surface area contributed by atoms with Gasteiger partial charge in [-0.1, -0.05) is 0 Å². The van der Waals surface area contributed by atoms with E-state index in [2.05, 4.69) is 24.0 Å². The highest BCUT2D eigenvalue weighted by Crippen LogP contribution is 2.18. The van der Waals surface area contributed by atoms with Crippen LogP contribution in [0, 0.1) is 0 Å². The second kappa shape index (κ2) is 5.35. The lowest BCUT2D eigenvalue weighted by atomic mass is 10.0. The van der Waals surface area contributed by atoms with Gasteiger partial charge < -0.3 is 15.5 Å². The Morgan fingerprint density at radius 1 is 1.44 bits per heavy atom. The Hall–Kier alpha value is -1.62. The van der Waals surface area contributed by atoms with Crippen LogP contribution in [-0.4, -0.2) is 53.9 Å². The molecule has 5 nitrogen and oxygen atoms in total. The van der Waals surface area contributed by atoms with E-state index >= 15 is 0 Å². The maximum atomic E-state index is 12.3. The van der Waals surface area contributed by atoms with E-state index in [9.17, 15) is 4.79 Å². The van der Waals surface area contributed by atoms with Gasteiger partial charge in [-0.25, -0.2) is 0 Å². The van der Waals surface area contributed by atoms with Gasteiger partial charge in [-0.2, -0.15) is 0 Å². The number of rotatable bonds is 2. The van der Waals surface area contributed by atoms with E-state index < -0.39 is 0 Å². The van der Waals surface area contributed by atoms with Crippen LogP contribution in [0.15, 0.2) is 18.5 Å². The third-order valence-corrected chi connectivity index (χ3v) is 3.56. The second-order valence-corrected chi connectivity index (χ2v) is 4.95. The number of hydrogen-bond donors (Lipinski definition) is 1. The van der Waals surface area contributed by atoms with Crippen molar-refractivity contribution in [3.8, 4) is 0 Å². The molecule has 1 saturated heterocycles. The topological polar surface area (TPSA) is 62.5 Å². The van der Waals surface area contributed by atoms with E-state index in [1.807, 2.05) is 4.90 Å². The number of nitrogen functional groups attached to an aromatic ring is 1. The number of pyridine rings is 1. The van der Waals surface area contributed by atoms with Gasteiger partial charge in [0.15, 0.2) is 0 Å². The van der Waals surface area contributed by atoms with E-state index in [1.54, 1.807) is 12.3 Å². The average molecular weight is 248 g/mol. The maximum absolute atomic E-state index is 12.3. The lowest BCUT2D eigenvalue weighted by Crippen LogP contribution is -2.44. The van der Waals surface area contributed by atoms with Gasteiger partial charge in [-0.15, -0.1) is 0 Å². The molecule has 0 aromatic carbocycles. The number of amides is 1. The molecule has 2 N–H and O–H groups in total. The number of anilines is 1. The standard InChI is InChI=1S/C13H20N4O/c1-16(2)10-4-7-17(8-5-10)13(18)11-3-6-15-9-12(11)14/h3,6,9-10H,4-5,7-8,14H2,1-2H3. The van der Waals surface area contributed by atoms with Crippen LogP contribution in [0.1, 0.15) is 23.2 Å². The van der Waals surface area contributed by atoms with Crippen molar-refractivity contribution in [1.82, 2.24) is 14.8 Å². The summed E-state index contributed by atoms with van der Waals surface area (Å²) in [5, 5.41) is 0. The summed E-state index contributed by atoms with van der Waals surface area (Å²) < 4.78 is 0. The summed E-state index contributed by atoms with van der Waals surface area (Å²) >= 11 is 0. The molecule has 0 unspecified atom stereocenters. The van der Waals surface area contributed by atoms with Crippen LogP contribution < -0.4 is 5.73 Å². The normalized spacial score (nSPS) is 17.2. The average Bonchev–Trinajstić information content (AvgIpc) is 2.38. The van der Waals surface area contributed by atoms with Crippen molar-refractivity contribution in [2.24, 2.45) is 0 Å². The monoisotopic (exact) mass is 248 g/mol. The zero-order valence-electron chi connectivity index (χ0n) is 11.0. The number of nitrogens with zero attached hydrogens (tertiary/aromatic N) is 3. The second-order valence-electron chi connectivity index (χ2n) is 4.95. The van der Waals surface area contributed by atoms with Crippen molar-refractivity contribution < 1.29 is 4.79 Å². The lowest BCUT2D eigenvalue weighted by Gasteiger charge is -2.35. The molecule has 1 aliphatic rings. The van der Waals surface area contributed by atoms with Gasteiger partial charge in [-0.3, -0.25) is 9.78 Å². The van der Waals surface area contributed by atoms with Gasteiger partial charge in [0.1, 0.15) is 0 Å². The van der Waals surface area contributed by atoms with Crippen molar-refractivity contribution in [3.63, 3.8) is 0 Å². The van der Waals surface area contributed by atoms with Crippen molar-refractivity contribution in [1.29, 1.82) is 0 Å². The Bertz CT molecular complexity index is 425. The Kier molecular flexibility index (Phi) is 3.81. The molecule has 0 spiro atoms. The SMILES string of the molecule is CN(C)C1CCN(C(=O)c2ccncc2N)CC1. The zero-order chi connectivity index (χ0) is 13.1. The fourth-order valence-corrected chi connectivity index (χ4v) is 2.36. The highest BCUT2D eigenvalue weighted by atomic mass is 16.2. The maximum Gasteiger partial charge on any atom is 0.256 e. The number of aromatic nitrogens is 1. The molecule has 1 aromatic heterocycles. The summed E-state index contributed by atoms with van der Waals surface area (Å²) in [5.41, 5.74) is 6.80. The largest absolute Gasteiger partial charge is 0.397 e. The molecule has 0 atom stereocenters. The summed E-state index contributed by atoms with van der Waals surface area (Å²) in [6, 6.07) is 2.26. The summed E-state index contributed by atoms with van der Waals surface area (Å²) in [4.78, 5) is 20.3. The van der Waals surface area contributed by atoms with E-state index in [0.29, 0.717) is 17.3 Å². The van der Waals surface area contributed by atoms with Crippen LogP contribution in [0.5, 0.6) is 0 Å². The molecular weight excluding hydrogens is 228 g/mol. The van der Waals surface area contributed by atoms with Gasteiger partial charge in [-0.05, 0) is 33.0 Å². The minimum Gasteiger partial charge on any atom is -0.397 e. The first kappa shape index (κ1) is 12.8.